The standard InChI is InChI=1S/C20H24N6O2.HI/c1-15-5-6-26-14-16(23-18(26)12-15)13-22-20(21-2)25-9-7-24(8-10-25)19(27)17-4-3-11-28-17;/h3-6,11-12,14H,7-10,13H2,1-2H3,(H,21,22);1H. The number of hydrogen-bond acceptors (Lipinski definition) is 4. The molecular formula is C20H25IN6O2. The lowest BCUT2D eigenvalue weighted by Crippen LogP contribution is -2.53. The van der Waals surface area contributed by atoms with Crippen LogP contribution in [0, 0.1) is 6.92 Å². The number of hydrogen-bond donors (Lipinski definition) is 1. The fraction of sp³-hybridized carbons (Fsp3) is 0.350. The molecule has 3 aromatic rings. The molecule has 0 bridgehead atoms. The van der Waals surface area contributed by atoms with Crippen molar-refractivity contribution in [3.8, 4) is 0 Å². The Morgan fingerprint density at radius 2 is 2.00 bits per heavy atom. The van der Waals surface area contributed by atoms with Crippen LogP contribution in [-0.2, 0) is 6.54 Å². The van der Waals surface area contributed by atoms with Crippen LogP contribution >= 0.6 is 24.0 Å². The number of piperazine rings is 1. The number of aryl methyl sites for hydroxylation is 1. The highest BCUT2D eigenvalue weighted by Gasteiger charge is 2.25. The van der Waals surface area contributed by atoms with Crippen LogP contribution in [0.3, 0.4) is 0 Å². The predicted molar refractivity (Wildman–Crippen MR) is 122 cm³/mol. The monoisotopic (exact) mass is 508 g/mol. The van der Waals surface area contributed by atoms with Crippen LogP contribution < -0.4 is 5.32 Å². The summed E-state index contributed by atoms with van der Waals surface area (Å²) >= 11 is 0. The molecule has 1 saturated heterocycles. The van der Waals surface area contributed by atoms with Crippen LogP contribution in [0.25, 0.3) is 5.65 Å². The van der Waals surface area contributed by atoms with E-state index in [2.05, 4.69) is 39.2 Å². The molecule has 1 aliphatic heterocycles. The highest BCUT2D eigenvalue weighted by atomic mass is 127. The van der Waals surface area contributed by atoms with E-state index in [9.17, 15) is 4.79 Å². The number of aromatic nitrogens is 2. The number of halogens is 1. The molecule has 29 heavy (non-hydrogen) atoms. The second-order valence-electron chi connectivity index (χ2n) is 6.86. The highest BCUT2D eigenvalue weighted by Crippen LogP contribution is 2.11. The maximum absolute atomic E-state index is 12.4. The number of amides is 1. The van der Waals surface area contributed by atoms with Gasteiger partial charge in [-0.2, -0.15) is 0 Å². The maximum atomic E-state index is 12.4. The number of fused-ring (bicyclic) bond motifs is 1. The Labute approximate surface area is 186 Å². The molecule has 1 amide bonds. The number of nitrogens with one attached hydrogen (secondary N) is 1. The smallest absolute Gasteiger partial charge is 0.289 e. The van der Waals surface area contributed by atoms with Crippen molar-refractivity contribution in [1.29, 1.82) is 0 Å². The number of carbonyl (C=O) groups excluding carboxylic acids is 1. The average Bonchev–Trinajstić information content (AvgIpc) is 3.38. The van der Waals surface area contributed by atoms with Gasteiger partial charge in [-0.3, -0.25) is 9.79 Å². The van der Waals surface area contributed by atoms with Crippen molar-refractivity contribution in [2.45, 2.75) is 13.5 Å². The van der Waals surface area contributed by atoms with Gasteiger partial charge in [0.2, 0.25) is 0 Å². The Hall–Kier alpha value is -2.56. The highest BCUT2D eigenvalue weighted by molar-refractivity contribution is 14.0. The summed E-state index contributed by atoms with van der Waals surface area (Å²) in [6.45, 7) is 5.36. The van der Waals surface area contributed by atoms with Crippen LogP contribution in [0.1, 0.15) is 21.8 Å². The molecular weight excluding hydrogens is 483 g/mol. The summed E-state index contributed by atoms with van der Waals surface area (Å²) in [4.78, 5) is 25.4. The topological polar surface area (TPSA) is 78.4 Å². The minimum absolute atomic E-state index is 0. The first-order valence-electron chi connectivity index (χ1n) is 9.36. The molecule has 0 radical (unpaired) electrons. The van der Waals surface area contributed by atoms with Crippen molar-refractivity contribution < 1.29 is 9.21 Å². The molecule has 154 valence electrons. The fourth-order valence-electron chi connectivity index (χ4n) is 3.40. The minimum atomic E-state index is -0.0624. The zero-order chi connectivity index (χ0) is 19.5. The first-order valence-corrected chi connectivity index (χ1v) is 9.36. The van der Waals surface area contributed by atoms with Crippen molar-refractivity contribution in [3.05, 3.63) is 59.9 Å². The molecule has 0 saturated carbocycles. The molecule has 3 aromatic heterocycles. The Balaban J connectivity index is 0.00000240. The third-order valence-electron chi connectivity index (χ3n) is 4.90. The largest absolute Gasteiger partial charge is 0.459 e. The normalized spacial score (nSPS) is 14.8. The minimum Gasteiger partial charge on any atom is -0.459 e. The maximum Gasteiger partial charge on any atom is 0.289 e. The van der Waals surface area contributed by atoms with Crippen LogP contribution in [0.2, 0.25) is 0 Å². The first kappa shape index (κ1) is 21.2. The lowest BCUT2D eigenvalue weighted by atomic mass is 10.3. The van der Waals surface area contributed by atoms with Gasteiger partial charge in [0.15, 0.2) is 11.7 Å². The molecule has 8 nitrogen and oxygen atoms in total. The fourth-order valence-corrected chi connectivity index (χ4v) is 3.40. The van der Waals surface area contributed by atoms with Crippen LogP contribution in [0.4, 0.5) is 0 Å². The third kappa shape index (κ3) is 4.72. The predicted octanol–water partition coefficient (Wildman–Crippen LogP) is 2.39. The van der Waals surface area contributed by atoms with Crippen molar-refractivity contribution in [2.75, 3.05) is 33.2 Å². The summed E-state index contributed by atoms with van der Waals surface area (Å²) in [6, 6.07) is 7.56. The van der Waals surface area contributed by atoms with Gasteiger partial charge in [0, 0.05) is 45.6 Å². The molecule has 0 unspecified atom stereocenters. The summed E-state index contributed by atoms with van der Waals surface area (Å²) in [5, 5.41) is 3.38. The number of furan rings is 1. The molecule has 4 rings (SSSR count). The van der Waals surface area contributed by atoms with Gasteiger partial charge < -0.3 is 23.9 Å². The Morgan fingerprint density at radius 1 is 1.24 bits per heavy atom. The van der Waals surface area contributed by atoms with E-state index >= 15 is 0 Å². The van der Waals surface area contributed by atoms with E-state index in [0.29, 0.717) is 25.4 Å². The lowest BCUT2D eigenvalue weighted by molar-refractivity contribution is 0.0657. The van der Waals surface area contributed by atoms with E-state index in [1.807, 2.05) is 21.7 Å². The molecule has 9 heteroatoms. The van der Waals surface area contributed by atoms with E-state index in [0.717, 1.165) is 30.4 Å². The van der Waals surface area contributed by atoms with Gasteiger partial charge in [-0.25, -0.2) is 4.98 Å². The number of pyridine rings is 1. The zero-order valence-corrected chi connectivity index (χ0v) is 18.9. The Bertz CT molecular complexity index is 990. The van der Waals surface area contributed by atoms with Crippen molar-refractivity contribution >= 4 is 41.5 Å². The van der Waals surface area contributed by atoms with Crippen LogP contribution in [0.5, 0.6) is 0 Å². The van der Waals surface area contributed by atoms with Crippen molar-refractivity contribution in [2.24, 2.45) is 4.99 Å². The van der Waals surface area contributed by atoms with Crippen molar-refractivity contribution in [1.82, 2.24) is 24.5 Å². The number of guanidine groups is 1. The van der Waals surface area contributed by atoms with Gasteiger partial charge >= 0.3 is 0 Å². The van der Waals surface area contributed by atoms with Crippen LogP contribution in [0.15, 0.2) is 52.3 Å². The van der Waals surface area contributed by atoms with E-state index < -0.39 is 0 Å². The first-order chi connectivity index (χ1) is 13.6. The molecule has 1 aliphatic rings. The Morgan fingerprint density at radius 3 is 2.69 bits per heavy atom. The van der Waals surface area contributed by atoms with E-state index in [1.165, 1.54) is 11.8 Å². The SMILES string of the molecule is CN=C(NCc1cn2ccc(C)cc2n1)N1CCN(C(=O)c2ccco2)CC1.I. The summed E-state index contributed by atoms with van der Waals surface area (Å²) in [6.07, 6.45) is 5.57. The van der Waals surface area contributed by atoms with Gasteiger partial charge in [-0.1, -0.05) is 0 Å². The quantitative estimate of drug-likeness (QED) is 0.334. The second kappa shape index (κ2) is 9.29. The molecule has 1 fully saturated rings. The van der Waals surface area contributed by atoms with Gasteiger partial charge in [0.1, 0.15) is 5.65 Å². The summed E-state index contributed by atoms with van der Waals surface area (Å²) < 4.78 is 7.23. The number of nitrogens with zero attached hydrogens (tertiary/aromatic N) is 5. The number of aliphatic imine (C=N–C) groups is 1. The van der Waals surface area contributed by atoms with E-state index in [1.54, 1.807) is 19.2 Å². The number of rotatable bonds is 3. The van der Waals surface area contributed by atoms with Crippen LogP contribution in [-0.4, -0.2) is 64.3 Å². The summed E-state index contributed by atoms with van der Waals surface area (Å²) in [5.74, 6) is 1.14. The van der Waals surface area contributed by atoms with Gasteiger partial charge in [0.05, 0.1) is 18.5 Å². The molecule has 4 heterocycles. The second-order valence-corrected chi connectivity index (χ2v) is 6.86. The molecule has 0 aromatic carbocycles. The zero-order valence-electron chi connectivity index (χ0n) is 16.5. The number of carbonyl (C=O) groups is 1. The van der Waals surface area contributed by atoms with E-state index in [4.69, 9.17) is 4.42 Å². The Kier molecular flexibility index (Phi) is 6.78. The third-order valence-corrected chi connectivity index (χ3v) is 4.90. The molecule has 0 atom stereocenters. The van der Waals surface area contributed by atoms with E-state index in [-0.39, 0.29) is 29.9 Å². The van der Waals surface area contributed by atoms with Gasteiger partial charge in [-0.15, -0.1) is 24.0 Å². The molecule has 0 spiro atoms. The molecule has 1 N–H and O–H groups in total. The van der Waals surface area contributed by atoms with Crippen molar-refractivity contribution in [3.63, 3.8) is 0 Å². The lowest BCUT2D eigenvalue weighted by Gasteiger charge is -2.36. The average molecular weight is 508 g/mol. The summed E-state index contributed by atoms with van der Waals surface area (Å²) in [5.41, 5.74) is 3.09. The van der Waals surface area contributed by atoms with Gasteiger partial charge in [-0.05, 0) is 36.8 Å². The number of imidazole rings is 1. The molecule has 0 aliphatic carbocycles. The van der Waals surface area contributed by atoms with Gasteiger partial charge in [0.25, 0.3) is 5.91 Å². The summed E-state index contributed by atoms with van der Waals surface area (Å²) in [7, 11) is 1.77.